The van der Waals surface area contributed by atoms with Crippen molar-refractivity contribution in [1.82, 2.24) is 18.8 Å². The molecule has 0 aliphatic carbocycles. The molecule has 524 valence electrons. The summed E-state index contributed by atoms with van der Waals surface area (Å²) in [4.78, 5) is 22.3. The molecule has 0 aliphatic heterocycles. The van der Waals surface area contributed by atoms with E-state index >= 15 is 0 Å². The molecule has 0 aliphatic rings. The minimum absolute atomic E-state index is 0.785. The van der Waals surface area contributed by atoms with E-state index in [2.05, 4.69) is 441 Å². The summed E-state index contributed by atoms with van der Waals surface area (Å²) in [6.45, 7) is 0. The number of aromatic nitrogens is 4. The number of hydrogen-bond acceptors (Lipinski definition) is 6. The highest BCUT2D eigenvalue weighted by molar-refractivity contribution is 6.40. The Kier molecular flexibility index (Phi) is 15.1. The normalized spacial score (nSPS) is 11.8. The minimum Gasteiger partial charge on any atom is -0.310 e. The first-order chi connectivity index (χ1) is 55.6. The molecule has 0 saturated carbocycles. The first-order valence-electron chi connectivity index (χ1n) is 38.2. The lowest BCUT2D eigenvalue weighted by molar-refractivity contribution is 1.28. The maximum Gasteiger partial charge on any atom is 0.100 e. The Labute approximate surface area is 647 Å². The van der Waals surface area contributed by atoms with E-state index in [-0.39, 0.29) is 0 Å². The number of para-hydroxylation sites is 8. The third-order valence-electron chi connectivity index (χ3n) is 22.4. The van der Waals surface area contributed by atoms with Crippen molar-refractivity contribution in [3.8, 4) is 44.8 Å². The van der Waals surface area contributed by atoms with Crippen molar-refractivity contribution >= 4 is 155 Å². The van der Waals surface area contributed by atoms with Crippen molar-refractivity contribution < 1.29 is 0 Å². The van der Waals surface area contributed by atoms with Gasteiger partial charge in [-0.2, -0.15) is 0 Å². The van der Waals surface area contributed by atoms with Crippen LogP contribution in [-0.4, -0.2) is 18.8 Å². The van der Waals surface area contributed by atoms with Crippen molar-refractivity contribution in [2.24, 2.45) is 0 Å². The van der Waals surface area contributed by atoms with Crippen LogP contribution in [0.1, 0.15) is 0 Å². The predicted octanol–water partition coefficient (Wildman–Crippen LogP) is 28.5. The Bertz CT molecular complexity index is 6640. The van der Waals surface area contributed by atoms with Gasteiger partial charge in [-0.25, -0.2) is 9.97 Å². The minimum atomic E-state index is 0.785. The third-order valence-corrected chi connectivity index (χ3v) is 22.4. The van der Waals surface area contributed by atoms with Crippen molar-refractivity contribution in [3.63, 3.8) is 0 Å². The number of anilines is 12. The fourth-order valence-corrected chi connectivity index (χ4v) is 17.5. The topological polar surface area (TPSA) is 47.6 Å². The zero-order valence-corrected chi connectivity index (χ0v) is 60.8. The smallest absolute Gasteiger partial charge is 0.100 e. The second-order valence-corrected chi connectivity index (χ2v) is 28.8. The lowest BCUT2D eigenvalue weighted by atomic mass is 9.97. The fourth-order valence-electron chi connectivity index (χ4n) is 17.5. The SMILES string of the molecule is c1ccc(-c2ccc(-c3nc4c(nc3-c3ccc(-c5ccccc5)cc3)c3c5cc(N(c6ccccc6)c6ccccc6)cc6c7cc(N(c8ccccc8)c8ccccc8)ccc7n(c65)c3c3c4c4cc(N(c5ccccc5)c5ccccc5)cc5c6cc(N(c7ccccc7)c7ccccc7)ccc6n3c54)cc2)cc1. The van der Waals surface area contributed by atoms with E-state index in [0.717, 1.165) is 200 Å². The van der Waals surface area contributed by atoms with Crippen LogP contribution in [0.4, 0.5) is 68.2 Å². The summed E-state index contributed by atoms with van der Waals surface area (Å²) in [6.07, 6.45) is 0. The van der Waals surface area contributed by atoms with Gasteiger partial charge < -0.3 is 28.4 Å². The molecule has 0 radical (unpaired) electrons. The molecular formula is C104H68N8. The molecule has 0 spiro atoms. The van der Waals surface area contributed by atoms with Crippen LogP contribution in [-0.2, 0) is 0 Å². The van der Waals surface area contributed by atoms with Crippen LogP contribution in [0.25, 0.3) is 132 Å². The van der Waals surface area contributed by atoms with Crippen LogP contribution < -0.4 is 19.6 Å². The van der Waals surface area contributed by atoms with E-state index < -0.39 is 0 Å². The Morgan fingerprint density at radius 3 is 0.670 bits per heavy atom. The van der Waals surface area contributed by atoms with Crippen LogP contribution in [0.2, 0.25) is 0 Å². The molecule has 0 amide bonds. The summed E-state index contributed by atoms with van der Waals surface area (Å²) >= 11 is 0. The summed E-state index contributed by atoms with van der Waals surface area (Å²) in [7, 11) is 0. The van der Waals surface area contributed by atoms with Gasteiger partial charge in [-0.05, 0) is 180 Å². The maximum atomic E-state index is 6.37. The summed E-state index contributed by atoms with van der Waals surface area (Å²) in [5.74, 6) is 0. The zero-order chi connectivity index (χ0) is 73.7. The molecule has 22 aromatic rings. The van der Waals surface area contributed by atoms with Gasteiger partial charge in [0.2, 0.25) is 0 Å². The Morgan fingerprint density at radius 1 is 0.170 bits per heavy atom. The van der Waals surface area contributed by atoms with Gasteiger partial charge in [-0.15, -0.1) is 0 Å². The van der Waals surface area contributed by atoms with Gasteiger partial charge in [-0.1, -0.05) is 255 Å². The Morgan fingerprint density at radius 2 is 0.393 bits per heavy atom. The molecule has 8 heteroatoms. The lowest BCUT2D eigenvalue weighted by Crippen LogP contribution is -2.10. The van der Waals surface area contributed by atoms with Crippen LogP contribution in [0.15, 0.2) is 413 Å². The average Bonchev–Trinajstić information content (AvgIpc) is 1.49. The standard InChI is InChI=1S/C104H68N8/c1-11-31-69(32-12-1)71-51-55-73(56-52-71)97-98(74-57-53-72(54-58-74)70-33-13-2-14-34-70)106-100-96-92-68-86(110(81-47-27-9-28-48-81)82-49-29-10-30-50-82)66-90-88-64-84(108(77-39-19-5-20-40-77)78-41-21-6-22-42-78)60-62-94(88)112(102(90)92)104(96)103-95(99(100)105-97)91-67-85(109(79-43-23-7-24-44-79)80-45-25-8-26-46-80)65-89-87-63-83(59-61-93(87)111(103)101(89)91)107(75-35-15-3-16-36-75)76-37-17-4-18-38-76/h1-68H. The molecule has 0 atom stereocenters. The van der Waals surface area contributed by atoms with Crippen molar-refractivity contribution in [2.75, 3.05) is 19.6 Å². The van der Waals surface area contributed by atoms with Gasteiger partial charge in [0.05, 0.1) is 44.5 Å². The number of nitrogens with zero attached hydrogens (tertiary/aromatic N) is 8. The molecular weight excluding hydrogens is 1360 g/mol. The quantitative estimate of drug-likeness (QED) is 0.0961. The van der Waals surface area contributed by atoms with Crippen molar-refractivity contribution in [2.45, 2.75) is 0 Å². The van der Waals surface area contributed by atoms with Gasteiger partial charge in [0, 0.05) is 122 Å². The van der Waals surface area contributed by atoms with Crippen molar-refractivity contribution in [3.05, 3.63) is 413 Å². The van der Waals surface area contributed by atoms with Gasteiger partial charge in [0.15, 0.2) is 0 Å². The second kappa shape index (κ2) is 26.4. The predicted molar refractivity (Wildman–Crippen MR) is 469 cm³/mol. The third kappa shape index (κ3) is 10.5. The summed E-state index contributed by atoms with van der Waals surface area (Å²) in [5, 5.41) is 8.56. The number of fused-ring (bicyclic) bond motifs is 16. The van der Waals surface area contributed by atoms with E-state index in [1.54, 1.807) is 0 Å². The highest BCUT2D eigenvalue weighted by atomic mass is 15.2. The van der Waals surface area contributed by atoms with Gasteiger partial charge in [-0.3, -0.25) is 0 Å². The molecule has 0 saturated heterocycles. The summed E-state index contributed by atoms with van der Waals surface area (Å²) in [5.41, 5.74) is 28.5. The Hall–Kier alpha value is -15.1. The lowest BCUT2D eigenvalue weighted by Gasteiger charge is -2.26. The van der Waals surface area contributed by atoms with Crippen LogP contribution in [0.5, 0.6) is 0 Å². The largest absolute Gasteiger partial charge is 0.310 e. The molecule has 8 nitrogen and oxygen atoms in total. The van der Waals surface area contributed by atoms with Gasteiger partial charge in [0.25, 0.3) is 0 Å². The molecule has 5 heterocycles. The van der Waals surface area contributed by atoms with Crippen LogP contribution in [0.3, 0.4) is 0 Å². The van der Waals surface area contributed by atoms with E-state index in [4.69, 9.17) is 9.97 Å². The average molecular weight is 1430 g/mol. The molecule has 17 aromatic carbocycles. The van der Waals surface area contributed by atoms with E-state index in [1.165, 1.54) is 0 Å². The summed E-state index contributed by atoms with van der Waals surface area (Å²) in [6, 6.07) is 149. The van der Waals surface area contributed by atoms with E-state index in [0.29, 0.717) is 0 Å². The summed E-state index contributed by atoms with van der Waals surface area (Å²) < 4.78 is 5.20. The zero-order valence-electron chi connectivity index (χ0n) is 60.8. The highest BCUT2D eigenvalue weighted by Crippen LogP contribution is 2.55. The second-order valence-electron chi connectivity index (χ2n) is 28.8. The number of rotatable bonds is 16. The van der Waals surface area contributed by atoms with Gasteiger partial charge >= 0.3 is 0 Å². The molecule has 5 aromatic heterocycles. The highest BCUT2D eigenvalue weighted by Gasteiger charge is 2.33. The van der Waals surface area contributed by atoms with Gasteiger partial charge in [0.1, 0.15) is 11.0 Å². The molecule has 0 bridgehead atoms. The van der Waals surface area contributed by atoms with E-state index in [1.807, 2.05) is 0 Å². The monoisotopic (exact) mass is 1430 g/mol. The first-order valence-corrected chi connectivity index (χ1v) is 38.2. The Balaban J connectivity index is 0.947. The molecule has 0 N–H and O–H groups in total. The maximum absolute atomic E-state index is 6.37. The number of benzene rings is 17. The van der Waals surface area contributed by atoms with Crippen LogP contribution >= 0.6 is 0 Å². The van der Waals surface area contributed by atoms with E-state index in [9.17, 15) is 0 Å². The molecule has 0 unspecified atom stereocenters. The molecule has 112 heavy (non-hydrogen) atoms. The van der Waals surface area contributed by atoms with Crippen molar-refractivity contribution in [1.29, 1.82) is 0 Å². The number of hydrogen-bond donors (Lipinski definition) is 0. The fraction of sp³-hybridized carbons (Fsp3) is 0. The molecule has 0 fully saturated rings. The molecule has 22 rings (SSSR count). The van der Waals surface area contributed by atoms with Crippen LogP contribution in [0, 0.1) is 0 Å². The first kappa shape index (κ1) is 64.1.